The molecule has 0 saturated carbocycles. The van der Waals surface area contributed by atoms with Gasteiger partial charge in [-0.2, -0.15) is 0 Å². The van der Waals surface area contributed by atoms with Crippen LogP contribution in [-0.2, 0) is 6.54 Å². The Bertz CT molecular complexity index is 1040. The van der Waals surface area contributed by atoms with E-state index in [4.69, 9.17) is 0 Å². The highest BCUT2D eigenvalue weighted by Gasteiger charge is 2.06. The van der Waals surface area contributed by atoms with E-state index in [2.05, 4.69) is 47.8 Å². The van der Waals surface area contributed by atoms with E-state index in [0.717, 1.165) is 16.7 Å². The van der Waals surface area contributed by atoms with Gasteiger partial charge in [-0.1, -0.05) is 78.9 Å². The summed E-state index contributed by atoms with van der Waals surface area (Å²) in [7, 11) is 0. The van der Waals surface area contributed by atoms with Gasteiger partial charge in [-0.3, -0.25) is 4.79 Å². The maximum atomic E-state index is 12.4. The minimum absolute atomic E-state index is 0.0576. The molecule has 2 heteroatoms. The van der Waals surface area contributed by atoms with E-state index < -0.39 is 0 Å². The molecule has 26 heavy (non-hydrogen) atoms. The summed E-state index contributed by atoms with van der Waals surface area (Å²) < 4.78 is 0. The van der Waals surface area contributed by atoms with E-state index >= 15 is 0 Å². The second kappa shape index (κ2) is 7.24. The molecular weight excluding hydrogens is 318 g/mol. The molecular formula is C24H19NO. The molecule has 0 aliphatic carbocycles. The van der Waals surface area contributed by atoms with Crippen molar-refractivity contribution in [3.8, 4) is 11.1 Å². The molecule has 0 radical (unpaired) electrons. The molecule has 2 nitrogen and oxygen atoms in total. The Labute approximate surface area is 153 Å². The van der Waals surface area contributed by atoms with Crippen LogP contribution in [0.25, 0.3) is 21.9 Å². The third-order valence-corrected chi connectivity index (χ3v) is 4.52. The van der Waals surface area contributed by atoms with E-state index in [1.807, 2.05) is 54.6 Å². The van der Waals surface area contributed by atoms with Crippen LogP contribution in [0.2, 0.25) is 0 Å². The van der Waals surface area contributed by atoms with Gasteiger partial charge in [0.25, 0.3) is 5.91 Å². The van der Waals surface area contributed by atoms with Crippen molar-refractivity contribution in [2.45, 2.75) is 6.54 Å². The highest BCUT2D eigenvalue weighted by molar-refractivity contribution is 5.94. The van der Waals surface area contributed by atoms with Gasteiger partial charge in [0.05, 0.1) is 0 Å². The number of carbonyl (C=O) groups is 1. The van der Waals surface area contributed by atoms with Crippen LogP contribution in [0, 0.1) is 0 Å². The van der Waals surface area contributed by atoms with Crippen LogP contribution < -0.4 is 5.32 Å². The molecule has 4 rings (SSSR count). The Hall–Kier alpha value is -3.39. The summed E-state index contributed by atoms with van der Waals surface area (Å²) in [5.74, 6) is -0.0576. The molecule has 0 fully saturated rings. The molecule has 0 saturated heterocycles. The fourth-order valence-electron chi connectivity index (χ4n) is 3.08. The quantitative estimate of drug-likeness (QED) is 0.528. The van der Waals surface area contributed by atoms with Crippen molar-refractivity contribution in [2.24, 2.45) is 0 Å². The van der Waals surface area contributed by atoms with Gasteiger partial charge in [0, 0.05) is 12.1 Å². The molecule has 0 unspecified atom stereocenters. The third kappa shape index (κ3) is 3.50. The number of hydrogen-bond acceptors (Lipinski definition) is 1. The molecule has 0 aromatic heterocycles. The molecule has 0 atom stereocenters. The first-order valence-electron chi connectivity index (χ1n) is 8.71. The Morgan fingerprint density at radius 3 is 2.08 bits per heavy atom. The van der Waals surface area contributed by atoms with Crippen molar-refractivity contribution >= 4 is 16.7 Å². The average molecular weight is 337 g/mol. The van der Waals surface area contributed by atoms with Gasteiger partial charge in [0.15, 0.2) is 0 Å². The van der Waals surface area contributed by atoms with Crippen molar-refractivity contribution in [3.63, 3.8) is 0 Å². The van der Waals surface area contributed by atoms with E-state index in [-0.39, 0.29) is 5.91 Å². The fraction of sp³-hybridized carbons (Fsp3) is 0.0417. The van der Waals surface area contributed by atoms with E-state index in [9.17, 15) is 4.79 Å². The summed E-state index contributed by atoms with van der Waals surface area (Å²) in [6, 6.07) is 32.4. The van der Waals surface area contributed by atoms with Crippen molar-refractivity contribution < 1.29 is 4.79 Å². The second-order valence-electron chi connectivity index (χ2n) is 6.31. The van der Waals surface area contributed by atoms with Crippen molar-refractivity contribution in [1.82, 2.24) is 5.32 Å². The zero-order valence-corrected chi connectivity index (χ0v) is 14.4. The normalized spacial score (nSPS) is 10.6. The number of fused-ring (bicyclic) bond motifs is 1. The summed E-state index contributed by atoms with van der Waals surface area (Å²) in [6.07, 6.45) is 0. The summed E-state index contributed by atoms with van der Waals surface area (Å²) in [5, 5.41) is 5.39. The van der Waals surface area contributed by atoms with Gasteiger partial charge in [0.1, 0.15) is 0 Å². The molecule has 4 aromatic rings. The van der Waals surface area contributed by atoms with Gasteiger partial charge in [-0.05, 0) is 45.7 Å². The van der Waals surface area contributed by atoms with Crippen LogP contribution in [0.5, 0.6) is 0 Å². The van der Waals surface area contributed by atoms with E-state index in [1.165, 1.54) is 10.8 Å². The number of benzene rings is 4. The third-order valence-electron chi connectivity index (χ3n) is 4.52. The zero-order chi connectivity index (χ0) is 17.8. The molecule has 0 aliphatic rings. The van der Waals surface area contributed by atoms with Crippen molar-refractivity contribution in [2.75, 3.05) is 0 Å². The molecule has 0 spiro atoms. The standard InChI is InChI=1S/C24H19NO/c26-24(22-14-12-21(13-15-22)19-6-2-1-3-7-19)25-17-18-10-11-20-8-4-5-9-23(20)16-18/h1-16H,17H2,(H,25,26). The molecule has 1 N–H and O–H groups in total. The number of nitrogens with one attached hydrogen (secondary N) is 1. The number of amides is 1. The Kier molecular flexibility index (Phi) is 4.48. The Morgan fingerprint density at radius 2 is 1.31 bits per heavy atom. The maximum absolute atomic E-state index is 12.4. The first-order valence-corrected chi connectivity index (χ1v) is 8.71. The molecule has 1 amide bonds. The van der Waals surface area contributed by atoms with Crippen molar-refractivity contribution in [1.29, 1.82) is 0 Å². The number of hydrogen-bond donors (Lipinski definition) is 1. The molecule has 4 aromatic carbocycles. The lowest BCUT2D eigenvalue weighted by atomic mass is 10.0. The van der Waals surface area contributed by atoms with Crippen LogP contribution in [0.15, 0.2) is 97.1 Å². The minimum Gasteiger partial charge on any atom is -0.348 e. The SMILES string of the molecule is O=C(NCc1ccc2ccccc2c1)c1ccc(-c2ccccc2)cc1. The van der Waals surface area contributed by atoms with Crippen molar-refractivity contribution in [3.05, 3.63) is 108 Å². The Balaban J connectivity index is 1.44. The molecule has 0 aliphatic heterocycles. The van der Waals surface area contributed by atoms with Gasteiger partial charge in [0.2, 0.25) is 0 Å². The Morgan fingerprint density at radius 1 is 0.654 bits per heavy atom. The molecule has 0 heterocycles. The largest absolute Gasteiger partial charge is 0.348 e. The summed E-state index contributed by atoms with van der Waals surface area (Å²) in [6.45, 7) is 0.518. The summed E-state index contributed by atoms with van der Waals surface area (Å²) in [5.41, 5.74) is 4.02. The van der Waals surface area contributed by atoms with Crippen LogP contribution in [-0.4, -0.2) is 5.91 Å². The lowest BCUT2D eigenvalue weighted by molar-refractivity contribution is 0.0951. The van der Waals surface area contributed by atoms with Gasteiger partial charge >= 0.3 is 0 Å². The van der Waals surface area contributed by atoms with E-state index in [1.54, 1.807) is 0 Å². The second-order valence-corrected chi connectivity index (χ2v) is 6.31. The first-order chi connectivity index (χ1) is 12.8. The van der Waals surface area contributed by atoms with Gasteiger partial charge in [-0.15, -0.1) is 0 Å². The van der Waals surface area contributed by atoms with Gasteiger partial charge in [-0.25, -0.2) is 0 Å². The predicted octanol–water partition coefficient (Wildman–Crippen LogP) is 5.44. The summed E-state index contributed by atoms with van der Waals surface area (Å²) >= 11 is 0. The maximum Gasteiger partial charge on any atom is 0.251 e. The van der Waals surface area contributed by atoms with Crippen LogP contribution in [0.3, 0.4) is 0 Å². The minimum atomic E-state index is -0.0576. The van der Waals surface area contributed by atoms with Crippen LogP contribution in [0.1, 0.15) is 15.9 Å². The molecule has 126 valence electrons. The van der Waals surface area contributed by atoms with Crippen LogP contribution in [0.4, 0.5) is 0 Å². The highest BCUT2D eigenvalue weighted by atomic mass is 16.1. The predicted molar refractivity (Wildman–Crippen MR) is 107 cm³/mol. The van der Waals surface area contributed by atoms with Crippen LogP contribution >= 0.6 is 0 Å². The highest BCUT2D eigenvalue weighted by Crippen LogP contribution is 2.19. The zero-order valence-electron chi connectivity index (χ0n) is 14.4. The number of carbonyl (C=O) groups excluding carboxylic acids is 1. The lowest BCUT2D eigenvalue weighted by Gasteiger charge is -2.08. The van der Waals surface area contributed by atoms with Gasteiger partial charge < -0.3 is 5.32 Å². The monoisotopic (exact) mass is 337 g/mol. The fourth-order valence-corrected chi connectivity index (χ4v) is 3.08. The number of rotatable bonds is 4. The first kappa shape index (κ1) is 16.1. The van der Waals surface area contributed by atoms with E-state index in [0.29, 0.717) is 12.1 Å². The smallest absolute Gasteiger partial charge is 0.251 e. The summed E-state index contributed by atoms with van der Waals surface area (Å²) in [4.78, 5) is 12.4. The lowest BCUT2D eigenvalue weighted by Crippen LogP contribution is -2.22. The average Bonchev–Trinajstić information content (AvgIpc) is 2.72. The topological polar surface area (TPSA) is 29.1 Å². The molecule has 0 bridgehead atoms.